The standard InChI is InChI=1S/C11H14N4O2S/c1-2-4-12-11(18)15-5-3-7-8(6-15)13-14-9(7)10(16)17/h2H,1,3-6H2,(H,12,18)(H,13,14)(H,16,17). The second kappa shape index (κ2) is 5.18. The summed E-state index contributed by atoms with van der Waals surface area (Å²) in [4.78, 5) is 12.9. The van der Waals surface area contributed by atoms with E-state index in [1.165, 1.54) is 0 Å². The Morgan fingerprint density at radius 1 is 1.72 bits per heavy atom. The van der Waals surface area contributed by atoms with Crippen molar-refractivity contribution in [1.82, 2.24) is 20.4 Å². The number of carbonyl (C=O) groups is 1. The number of hydrogen-bond acceptors (Lipinski definition) is 3. The van der Waals surface area contributed by atoms with E-state index in [-0.39, 0.29) is 5.69 Å². The second-order valence-corrected chi connectivity index (χ2v) is 4.37. The lowest BCUT2D eigenvalue weighted by atomic mass is 10.0. The maximum Gasteiger partial charge on any atom is 0.356 e. The summed E-state index contributed by atoms with van der Waals surface area (Å²) in [7, 11) is 0. The molecule has 3 N–H and O–H groups in total. The summed E-state index contributed by atoms with van der Waals surface area (Å²) in [5.74, 6) is -0.992. The van der Waals surface area contributed by atoms with Crippen LogP contribution in [-0.4, -0.2) is 44.4 Å². The zero-order valence-electron chi connectivity index (χ0n) is 9.77. The highest BCUT2D eigenvalue weighted by Crippen LogP contribution is 2.20. The first-order valence-corrected chi connectivity index (χ1v) is 5.97. The Kier molecular flexibility index (Phi) is 3.61. The van der Waals surface area contributed by atoms with Crippen LogP contribution in [-0.2, 0) is 13.0 Å². The summed E-state index contributed by atoms with van der Waals surface area (Å²) in [6, 6.07) is 0. The number of H-pyrrole nitrogens is 1. The molecule has 0 spiro atoms. The number of hydrogen-bond donors (Lipinski definition) is 3. The van der Waals surface area contributed by atoms with Crippen LogP contribution < -0.4 is 5.32 Å². The third-order valence-corrected chi connectivity index (χ3v) is 3.22. The Labute approximate surface area is 110 Å². The van der Waals surface area contributed by atoms with Crippen molar-refractivity contribution < 1.29 is 9.90 Å². The third kappa shape index (κ3) is 2.35. The van der Waals surface area contributed by atoms with Crippen molar-refractivity contribution in [2.24, 2.45) is 0 Å². The van der Waals surface area contributed by atoms with E-state index in [4.69, 9.17) is 17.3 Å². The molecule has 0 saturated heterocycles. The first-order valence-electron chi connectivity index (χ1n) is 5.56. The topological polar surface area (TPSA) is 81.2 Å². The maximum absolute atomic E-state index is 10.9. The maximum atomic E-state index is 10.9. The van der Waals surface area contributed by atoms with Crippen LogP contribution in [0, 0.1) is 0 Å². The van der Waals surface area contributed by atoms with E-state index >= 15 is 0 Å². The molecule has 96 valence electrons. The molecule has 2 rings (SSSR count). The molecule has 1 aliphatic rings. The summed E-state index contributed by atoms with van der Waals surface area (Å²) in [5.41, 5.74) is 1.72. The minimum absolute atomic E-state index is 0.120. The van der Waals surface area contributed by atoms with Gasteiger partial charge in [-0.05, 0) is 18.6 Å². The number of carboxylic acid groups (broad SMARTS) is 1. The van der Waals surface area contributed by atoms with E-state index in [0.29, 0.717) is 31.2 Å². The summed E-state index contributed by atoms with van der Waals surface area (Å²) in [6.45, 7) is 5.48. The van der Waals surface area contributed by atoms with Gasteiger partial charge in [-0.1, -0.05) is 6.08 Å². The zero-order valence-corrected chi connectivity index (χ0v) is 10.6. The summed E-state index contributed by atoms with van der Waals surface area (Å²) >= 11 is 5.24. The average Bonchev–Trinajstić information content (AvgIpc) is 2.78. The molecule has 0 fully saturated rings. The summed E-state index contributed by atoms with van der Waals surface area (Å²) < 4.78 is 0. The number of aromatic amines is 1. The Balaban J connectivity index is 2.09. The Hall–Kier alpha value is -1.89. The van der Waals surface area contributed by atoms with Gasteiger partial charge in [0, 0.05) is 18.7 Å². The number of aromatic nitrogens is 2. The zero-order chi connectivity index (χ0) is 13.1. The molecule has 0 atom stereocenters. The number of thiocarbonyl (C=S) groups is 1. The van der Waals surface area contributed by atoms with Crippen molar-refractivity contribution in [3.8, 4) is 0 Å². The molecule has 0 amide bonds. The SMILES string of the molecule is C=CCNC(=S)N1CCc2c(C(=O)O)n[nH]c2C1. The van der Waals surface area contributed by atoms with E-state index in [0.717, 1.165) is 11.3 Å². The minimum atomic E-state index is -0.992. The van der Waals surface area contributed by atoms with Crippen molar-refractivity contribution >= 4 is 23.3 Å². The number of rotatable bonds is 3. The van der Waals surface area contributed by atoms with Crippen LogP contribution >= 0.6 is 12.2 Å². The highest BCUT2D eigenvalue weighted by atomic mass is 32.1. The van der Waals surface area contributed by atoms with E-state index in [2.05, 4.69) is 22.1 Å². The van der Waals surface area contributed by atoms with Crippen molar-refractivity contribution in [2.75, 3.05) is 13.1 Å². The molecule has 0 bridgehead atoms. The van der Waals surface area contributed by atoms with Gasteiger partial charge in [-0.2, -0.15) is 5.10 Å². The largest absolute Gasteiger partial charge is 0.476 e. The van der Waals surface area contributed by atoms with Crippen LogP contribution in [0.25, 0.3) is 0 Å². The molecule has 0 aromatic carbocycles. The Morgan fingerprint density at radius 2 is 2.50 bits per heavy atom. The molecule has 0 aliphatic carbocycles. The Bertz CT molecular complexity index is 497. The van der Waals surface area contributed by atoms with Crippen LogP contribution in [0.5, 0.6) is 0 Å². The van der Waals surface area contributed by atoms with Gasteiger partial charge >= 0.3 is 5.97 Å². The van der Waals surface area contributed by atoms with Crippen molar-refractivity contribution in [3.05, 3.63) is 29.6 Å². The number of fused-ring (bicyclic) bond motifs is 1. The molecule has 0 saturated carbocycles. The average molecular weight is 266 g/mol. The normalized spacial score (nSPS) is 13.9. The molecule has 0 radical (unpaired) electrons. The van der Waals surface area contributed by atoms with Crippen molar-refractivity contribution in [1.29, 1.82) is 0 Å². The second-order valence-electron chi connectivity index (χ2n) is 3.98. The van der Waals surface area contributed by atoms with Crippen LogP contribution in [0.3, 0.4) is 0 Å². The predicted octanol–water partition coefficient (Wildman–Crippen LogP) is 0.526. The number of carboxylic acids is 1. The first-order chi connectivity index (χ1) is 8.63. The van der Waals surface area contributed by atoms with Crippen LogP contribution in [0.2, 0.25) is 0 Å². The summed E-state index contributed by atoms with van der Waals surface area (Å²) in [5, 5.41) is 19.3. The van der Waals surface area contributed by atoms with Crippen molar-refractivity contribution in [2.45, 2.75) is 13.0 Å². The van der Waals surface area contributed by atoms with Gasteiger partial charge in [0.05, 0.1) is 12.2 Å². The fourth-order valence-electron chi connectivity index (χ4n) is 1.94. The van der Waals surface area contributed by atoms with Crippen LogP contribution in [0.15, 0.2) is 12.7 Å². The monoisotopic (exact) mass is 266 g/mol. The lowest BCUT2D eigenvalue weighted by Gasteiger charge is -2.29. The van der Waals surface area contributed by atoms with Gasteiger partial charge in [0.15, 0.2) is 10.8 Å². The van der Waals surface area contributed by atoms with Gasteiger partial charge < -0.3 is 15.3 Å². The number of nitrogens with zero attached hydrogens (tertiary/aromatic N) is 2. The van der Waals surface area contributed by atoms with E-state index in [1.54, 1.807) is 6.08 Å². The molecule has 6 nitrogen and oxygen atoms in total. The van der Waals surface area contributed by atoms with Crippen LogP contribution in [0.1, 0.15) is 21.7 Å². The van der Waals surface area contributed by atoms with Gasteiger partial charge in [-0.3, -0.25) is 5.10 Å². The molecule has 18 heavy (non-hydrogen) atoms. The molecule has 1 aromatic rings. The lowest BCUT2D eigenvalue weighted by molar-refractivity contribution is 0.0689. The molecule has 0 unspecified atom stereocenters. The van der Waals surface area contributed by atoms with Gasteiger partial charge in [0.25, 0.3) is 0 Å². The molecular weight excluding hydrogens is 252 g/mol. The minimum Gasteiger partial charge on any atom is -0.476 e. The third-order valence-electron chi connectivity index (χ3n) is 2.82. The first kappa shape index (κ1) is 12.6. The van der Waals surface area contributed by atoms with Gasteiger partial charge in [-0.15, -0.1) is 6.58 Å². The lowest BCUT2D eigenvalue weighted by Crippen LogP contribution is -2.42. The molecule has 1 aliphatic heterocycles. The van der Waals surface area contributed by atoms with Crippen molar-refractivity contribution in [3.63, 3.8) is 0 Å². The van der Waals surface area contributed by atoms with E-state index in [1.807, 2.05) is 4.90 Å². The highest BCUT2D eigenvalue weighted by molar-refractivity contribution is 7.80. The quantitative estimate of drug-likeness (QED) is 0.547. The fraction of sp³-hybridized carbons (Fsp3) is 0.364. The molecule has 2 heterocycles. The molecule has 1 aromatic heterocycles. The number of nitrogens with one attached hydrogen (secondary N) is 2. The predicted molar refractivity (Wildman–Crippen MR) is 70.5 cm³/mol. The summed E-state index contributed by atoms with van der Waals surface area (Å²) in [6.07, 6.45) is 2.36. The Morgan fingerprint density at radius 3 is 3.17 bits per heavy atom. The molecular formula is C11H14N4O2S. The molecule has 7 heteroatoms. The van der Waals surface area contributed by atoms with Gasteiger partial charge in [0.2, 0.25) is 0 Å². The van der Waals surface area contributed by atoms with Crippen LogP contribution in [0.4, 0.5) is 0 Å². The van der Waals surface area contributed by atoms with Gasteiger partial charge in [0.1, 0.15) is 0 Å². The fourth-order valence-corrected chi connectivity index (χ4v) is 2.18. The smallest absolute Gasteiger partial charge is 0.356 e. The number of aromatic carboxylic acids is 1. The highest BCUT2D eigenvalue weighted by Gasteiger charge is 2.25. The van der Waals surface area contributed by atoms with E-state index in [9.17, 15) is 4.79 Å². The van der Waals surface area contributed by atoms with Gasteiger partial charge in [-0.25, -0.2) is 4.79 Å². The van der Waals surface area contributed by atoms with E-state index < -0.39 is 5.97 Å².